The Morgan fingerprint density at radius 1 is 1.50 bits per heavy atom. The minimum Gasteiger partial charge on any atom is -0.324 e. The number of nitrogens with two attached hydrogens (primary N) is 1. The van der Waals surface area contributed by atoms with E-state index >= 15 is 0 Å². The normalized spacial score (nSPS) is 13.5. The predicted molar refractivity (Wildman–Crippen MR) is 47.8 cm³/mol. The van der Waals surface area contributed by atoms with E-state index in [1.165, 1.54) is 0 Å². The van der Waals surface area contributed by atoms with Crippen LogP contribution in [0.1, 0.15) is 18.5 Å². The predicted octanol–water partition coefficient (Wildman–Crippen LogP) is 1.35. The quantitative estimate of drug-likeness (QED) is 0.686. The first-order valence-electron chi connectivity index (χ1n) is 3.95. The molecule has 1 unspecified atom stereocenters. The van der Waals surface area contributed by atoms with Crippen molar-refractivity contribution in [2.45, 2.75) is 13.0 Å². The third-order valence-electron chi connectivity index (χ3n) is 1.94. The van der Waals surface area contributed by atoms with Gasteiger partial charge in [0.2, 0.25) is 0 Å². The molecule has 2 rings (SSSR count). The van der Waals surface area contributed by atoms with E-state index in [-0.39, 0.29) is 6.04 Å². The van der Waals surface area contributed by atoms with Crippen molar-refractivity contribution in [2.24, 2.45) is 5.73 Å². The molecule has 0 radical (unpaired) electrons. The largest absolute Gasteiger partial charge is 0.324 e. The fourth-order valence-corrected chi connectivity index (χ4v) is 1.21. The second kappa shape index (κ2) is 2.60. The molecule has 0 aliphatic carbocycles. The van der Waals surface area contributed by atoms with Gasteiger partial charge in [0.05, 0.1) is 0 Å². The molecule has 0 bridgehead atoms. The maximum absolute atomic E-state index is 5.74. The van der Waals surface area contributed by atoms with Crippen molar-refractivity contribution in [3.05, 3.63) is 36.3 Å². The summed E-state index contributed by atoms with van der Waals surface area (Å²) in [4.78, 5) is 4.14. The molecule has 0 saturated carbocycles. The molecule has 0 saturated heterocycles. The van der Waals surface area contributed by atoms with Crippen molar-refractivity contribution in [1.82, 2.24) is 9.38 Å². The number of pyridine rings is 1. The topological polar surface area (TPSA) is 43.3 Å². The molecule has 3 nitrogen and oxygen atoms in total. The molecule has 2 aromatic rings. The number of nitrogens with zero attached hydrogens (tertiary/aromatic N) is 2. The van der Waals surface area contributed by atoms with Gasteiger partial charge in [-0.3, -0.25) is 0 Å². The van der Waals surface area contributed by atoms with Crippen LogP contribution >= 0.6 is 0 Å². The highest BCUT2D eigenvalue weighted by molar-refractivity contribution is 5.39. The van der Waals surface area contributed by atoms with Gasteiger partial charge in [-0.25, -0.2) is 4.98 Å². The maximum Gasteiger partial charge on any atom is 0.136 e. The molecule has 2 N–H and O–H groups in total. The molecule has 62 valence electrons. The van der Waals surface area contributed by atoms with Crippen molar-refractivity contribution in [2.75, 3.05) is 0 Å². The SMILES string of the molecule is CC(N)c1ccc2nccn2c1. The van der Waals surface area contributed by atoms with Crippen LogP contribution in [-0.2, 0) is 0 Å². The third kappa shape index (κ3) is 1.08. The standard InChI is InChI=1S/C9H11N3/c1-7(10)8-2-3-9-11-4-5-12(9)6-8/h2-7H,10H2,1H3. The lowest BCUT2D eigenvalue weighted by Gasteiger charge is -2.04. The second-order valence-electron chi connectivity index (χ2n) is 2.94. The summed E-state index contributed by atoms with van der Waals surface area (Å²) >= 11 is 0. The average Bonchev–Trinajstić information content (AvgIpc) is 2.49. The van der Waals surface area contributed by atoms with Crippen molar-refractivity contribution in [3.8, 4) is 0 Å². The smallest absolute Gasteiger partial charge is 0.136 e. The Bertz CT molecular complexity index is 389. The number of aromatic nitrogens is 2. The Morgan fingerprint density at radius 2 is 2.33 bits per heavy atom. The van der Waals surface area contributed by atoms with E-state index in [9.17, 15) is 0 Å². The average molecular weight is 161 g/mol. The Hall–Kier alpha value is -1.35. The zero-order valence-electron chi connectivity index (χ0n) is 6.94. The molecule has 2 aromatic heterocycles. The first-order chi connectivity index (χ1) is 5.77. The van der Waals surface area contributed by atoms with Crippen molar-refractivity contribution < 1.29 is 0 Å². The molecule has 0 aliphatic heterocycles. The third-order valence-corrected chi connectivity index (χ3v) is 1.94. The minimum absolute atomic E-state index is 0.0804. The summed E-state index contributed by atoms with van der Waals surface area (Å²) in [6.07, 6.45) is 5.70. The lowest BCUT2D eigenvalue weighted by molar-refractivity contribution is 0.808. The summed E-state index contributed by atoms with van der Waals surface area (Å²) < 4.78 is 1.97. The van der Waals surface area contributed by atoms with E-state index in [1.807, 2.05) is 35.9 Å². The van der Waals surface area contributed by atoms with Crippen LogP contribution in [0.2, 0.25) is 0 Å². The minimum atomic E-state index is 0.0804. The summed E-state index contributed by atoms with van der Waals surface area (Å²) in [6, 6.07) is 4.06. The molecular weight excluding hydrogens is 150 g/mol. The number of imidazole rings is 1. The van der Waals surface area contributed by atoms with Crippen LogP contribution in [-0.4, -0.2) is 9.38 Å². The van der Waals surface area contributed by atoms with Crippen LogP contribution in [0.4, 0.5) is 0 Å². The fraction of sp³-hybridized carbons (Fsp3) is 0.222. The van der Waals surface area contributed by atoms with Crippen LogP contribution in [0.3, 0.4) is 0 Å². The van der Waals surface area contributed by atoms with E-state index in [2.05, 4.69) is 4.98 Å². The van der Waals surface area contributed by atoms with Gasteiger partial charge in [-0.05, 0) is 18.6 Å². The van der Waals surface area contributed by atoms with Crippen molar-refractivity contribution in [3.63, 3.8) is 0 Å². The number of hydrogen-bond donors (Lipinski definition) is 1. The van der Waals surface area contributed by atoms with E-state index in [1.54, 1.807) is 6.20 Å². The molecule has 0 spiro atoms. The van der Waals surface area contributed by atoms with Gasteiger partial charge in [0.25, 0.3) is 0 Å². The highest BCUT2D eigenvalue weighted by atomic mass is 15.0. The first kappa shape index (κ1) is 7.31. The van der Waals surface area contributed by atoms with Gasteiger partial charge < -0.3 is 10.1 Å². The van der Waals surface area contributed by atoms with Gasteiger partial charge in [0.1, 0.15) is 5.65 Å². The molecule has 2 heterocycles. The highest BCUT2D eigenvalue weighted by Crippen LogP contribution is 2.10. The number of hydrogen-bond acceptors (Lipinski definition) is 2. The molecule has 0 fully saturated rings. The van der Waals surface area contributed by atoms with E-state index in [4.69, 9.17) is 5.73 Å². The Morgan fingerprint density at radius 3 is 3.08 bits per heavy atom. The van der Waals surface area contributed by atoms with E-state index < -0.39 is 0 Å². The van der Waals surface area contributed by atoms with E-state index in [0.29, 0.717) is 0 Å². The summed E-state index contributed by atoms with van der Waals surface area (Å²) in [5, 5.41) is 0. The van der Waals surface area contributed by atoms with Gasteiger partial charge in [-0.2, -0.15) is 0 Å². The summed E-state index contributed by atoms with van der Waals surface area (Å²) in [5.41, 5.74) is 7.82. The van der Waals surface area contributed by atoms with Crippen LogP contribution < -0.4 is 5.73 Å². The Kier molecular flexibility index (Phi) is 1.59. The summed E-state index contributed by atoms with van der Waals surface area (Å²) in [7, 11) is 0. The lowest BCUT2D eigenvalue weighted by Crippen LogP contribution is -2.05. The lowest BCUT2D eigenvalue weighted by atomic mass is 10.2. The van der Waals surface area contributed by atoms with Gasteiger partial charge in [-0.15, -0.1) is 0 Å². The monoisotopic (exact) mass is 161 g/mol. The Balaban J connectivity index is 2.60. The maximum atomic E-state index is 5.74. The first-order valence-corrected chi connectivity index (χ1v) is 3.95. The van der Waals surface area contributed by atoms with Gasteiger partial charge in [0, 0.05) is 24.6 Å². The molecule has 0 aliphatic rings. The van der Waals surface area contributed by atoms with Crippen LogP contribution in [0, 0.1) is 0 Å². The zero-order valence-corrected chi connectivity index (χ0v) is 6.94. The molecule has 12 heavy (non-hydrogen) atoms. The molecule has 3 heteroatoms. The molecule has 1 atom stereocenters. The second-order valence-corrected chi connectivity index (χ2v) is 2.94. The van der Waals surface area contributed by atoms with Gasteiger partial charge >= 0.3 is 0 Å². The summed E-state index contributed by atoms with van der Waals surface area (Å²) in [5.74, 6) is 0. The van der Waals surface area contributed by atoms with Crippen molar-refractivity contribution in [1.29, 1.82) is 0 Å². The Labute approximate surface area is 70.8 Å². The highest BCUT2D eigenvalue weighted by Gasteiger charge is 1.99. The summed E-state index contributed by atoms with van der Waals surface area (Å²) in [6.45, 7) is 1.97. The van der Waals surface area contributed by atoms with Gasteiger partial charge in [0.15, 0.2) is 0 Å². The fourth-order valence-electron chi connectivity index (χ4n) is 1.21. The molecule has 0 amide bonds. The van der Waals surface area contributed by atoms with Crippen molar-refractivity contribution >= 4 is 5.65 Å². The zero-order chi connectivity index (χ0) is 8.55. The van der Waals surface area contributed by atoms with Crippen LogP contribution in [0.15, 0.2) is 30.7 Å². The van der Waals surface area contributed by atoms with Crippen LogP contribution in [0.25, 0.3) is 5.65 Å². The number of rotatable bonds is 1. The number of fused-ring (bicyclic) bond motifs is 1. The van der Waals surface area contributed by atoms with Crippen LogP contribution in [0.5, 0.6) is 0 Å². The molecular formula is C9H11N3. The van der Waals surface area contributed by atoms with Gasteiger partial charge in [-0.1, -0.05) is 6.07 Å². The molecule has 0 aromatic carbocycles. The van der Waals surface area contributed by atoms with E-state index in [0.717, 1.165) is 11.2 Å².